The molecule has 7 heteroatoms. The van der Waals surface area contributed by atoms with Gasteiger partial charge in [0, 0.05) is 10.4 Å². The summed E-state index contributed by atoms with van der Waals surface area (Å²) in [6.45, 7) is 3.88. The van der Waals surface area contributed by atoms with Crippen molar-refractivity contribution in [3.8, 4) is 5.75 Å². The van der Waals surface area contributed by atoms with E-state index in [4.69, 9.17) is 10.5 Å². The first kappa shape index (κ1) is 18.9. The Hall–Kier alpha value is -1.86. The predicted molar refractivity (Wildman–Crippen MR) is 107 cm³/mol. The van der Waals surface area contributed by atoms with Crippen LogP contribution >= 0.6 is 27.3 Å². The van der Waals surface area contributed by atoms with Gasteiger partial charge in [0.2, 0.25) is 0 Å². The summed E-state index contributed by atoms with van der Waals surface area (Å²) in [5, 5.41) is 3.42. The highest BCUT2D eigenvalue weighted by Crippen LogP contribution is 2.38. The fourth-order valence-electron chi connectivity index (χ4n) is 3.08. The molecular weight excluding hydrogens is 416 g/mol. The Balaban J connectivity index is 1.85. The van der Waals surface area contributed by atoms with E-state index in [2.05, 4.69) is 21.2 Å². The second-order valence-corrected chi connectivity index (χ2v) is 8.50. The van der Waals surface area contributed by atoms with Crippen LogP contribution in [0.25, 0.3) is 0 Å². The number of hydrogen-bond acceptors (Lipinski definition) is 4. The molecule has 1 aliphatic carbocycles. The number of halogens is 1. The maximum Gasteiger partial charge on any atom is 0.256 e. The number of primary amides is 1. The van der Waals surface area contributed by atoms with Crippen molar-refractivity contribution >= 4 is 44.1 Å². The molecule has 0 saturated carbocycles. The van der Waals surface area contributed by atoms with Crippen LogP contribution in [0.3, 0.4) is 0 Å². The molecule has 3 N–H and O–H groups in total. The van der Waals surface area contributed by atoms with E-state index in [-0.39, 0.29) is 12.0 Å². The molecule has 0 aliphatic heterocycles. The molecule has 26 heavy (non-hydrogen) atoms. The number of benzene rings is 1. The van der Waals surface area contributed by atoms with Gasteiger partial charge in [0.1, 0.15) is 10.8 Å². The van der Waals surface area contributed by atoms with Crippen molar-refractivity contribution in [1.29, 1.82) is 0 Å². The van der Waals surface area contributed by atoms with E-state index >= 15 is 0 Å². The third kappa shape index (κ3) is 3.94. The molecule has 2 aromatic rings. The summed E-state index contributed by atoms with van der Waals surface area (Å²) in [5.74, 6) is -0.0783. The summed E-state index contributed by atoms with van der Waals surface area (Å²) in [7, 11) is 0. The summed E-state index contributed by atoms with van der Waals surface area (Å²) in [4.78, 5) is 25.8. The number of amides is 2. The van der Waals surface area contributed by atoms with Gasteiger partial charge < -0.3 is 15.8 Å². The van der Waals surface area contributed by atoms with Gasteiger partial charge in [-0.25, -0.2) is 0 Å². The summed E-state index contributed by atoms with van der Waals surface area (Å²) >= 11 is 4.90. The molecule has 1 aromatic carbocycles. The van der Waals surface area contributed by atoms with Crippen molar-refractivity contribution in [2.24, 2.45) is 5.73 Å². The number of aryl methyl sites for hydroxylation is 1. The van der Waals surface area contributed by atoms with Crippen LogP contribution in [0.15, 0.2) is 22.7 Å². The summed E-state index contributed by atoms with van der Waals surface area (Å²) in [5.41, 5.74) is 7.54. The van der Waals surface area contributed by atoms with Gasteiger partial charge >= 0.3 is 0 Å². The van der Waals surface area contributed by atoms with Gasteiger partial charge in [0.25, 0.3) is 11.8 Å². The molecule has 138 valence electrons. The van der Waals surface area contributed by atoms with E-state index in [0.29, 0.717) is 26.4 Å². The first-order valence-corrected chi connectivity index (χ1v) is 10.2. The lowest BCUT2D eigenvalue weighted by molar-refractivity contribution is 0.100. The van der Waals surface area contributed by atoms with E-state index < -0.39 is 5.91 Å². The van der Waals surface area contributed by atoms with Crippen molar-refractivity contribution in [2.45, 2.75) is 45.6 Å². The van der Waals surface area contributed by atoms with Gasteiger partial charge in [-0.1, -0.05) is 0 Å². The topological polar surface area (TPSA) is 81.4 Å². The number of ether oxygens (including phenoxy) is 1. The Morgan fingerprint density at radius 1 is 1.27 bits per heavy atom. The molecule has 0 unspecified atom stereocenters. The number of carbonyl (C=O) groups is 2. The highest BCUT2D eigenvalue weighted by Gasteiger charge is 2.25. The molecule has 1 aliphatic rings. The number of thiophene rings is 1. The Labute approximate surface area is 165 Å². The second-order valence-electron chi connectivity index (χ2n) is 6.55. The standard InChI is InChI=1S/C19H21BrN2O3S/c1-10(2)25-14-8-7-11(9-13(14)20)18(24)22-19-16(17(21)23)12-5-3-4-6-15(12)26-19/h7-10H,3-6H2,1-2H3,(H2,21,23)(H,22,24). The second kappa shape index (κ2) is 7.80. The number of fused-ring (bicyclic) bond motifs is 1. The van der Waals surface area contributed by atoms with Gasteiger partial charge in [0.15, 0.2) is 0 Å². The van der Waals surface area contributed by atoms with Gasteiger partial charge in [0.05, 0.1) is 16.1 Å². The zero-order chi connectivity index (χ0) is 18.8. The van der Waals surface area contributed by atoms with Gasteiger partial charge in [-0.2, -0.15) is 0 Å². The largest absolute Gasteiger partial charge is 0.490 e. The first-order valence-electron chi connectivity index (χ1n) is 8.58. The van der Waals surface area contributed by atoms with E-state index in [1.54, 1.807) is 18.2 Å². The smallest absolute Gasteiger partial charge is 0.256 e. The lowest BCUT2D eigenvalue weighted by Gasteiger charge is -2.12. The maximum absolute atomic E-state index is 12.7. The van der Waals surface area contributed by atoms with Crippen LogP contribution < -0.4 is 15.8 Å². The summed E-state index contributed by atoms with van der Waals surface area (Å²) in [6.07, 6.45) is 3.96. The van der Waals surface area contributed by atoms with Crippen LogP contribution in [0.2, 0.25) is 0 Å². The Kier molecular flexibility index (Phi) is 5.67. The lowest BCUT2D eigenvalue weighted by Crippen LogP contribution is -2.18. The van der Waals surface area contributed by atoms with Crippen molar-refractivity contribution in [3.05, 3.63) is 44.2 Å². The summed E-state index contributed by atoms with van der Waals surface area (Å²) < 4.78 is 6.37. The van der Waals surface area contributed by atoms with Crippen molar-refractivity contribution in [1.82, 2.24) is 0 Å². The average Bonchev–Trinajstić information content (AvgIpc) is 2.94. The molecule has 2 amide bonds. The molecule has 0 bridgehead atoms. The van der Waals surface area contributed by atoms with E-state index in [1.807, 2.05) is 13.8 Å². The number of nitrogens with one attached hydrogen (secondary N) is 1. The third-order valence-electron chi connectivity index (χ3n) is 4.20. The Morgan fingerprint density at radius 3 is 2.65 bits per heavy atom. The minimum absolute atomic E-state index is 0.0431. The van der Waals surface area contributed by atoms with Gasteiger partial charge in [-0.3, -0.25) is 9.59 Å². The fourth-order valence-corrected chi connectivity index (χ4v) is 4.84. The molecular formula is C19H21BrN2O3S. The molecule has 5 nitrogen and oxygen atoms in total. The highest BCUT2D eigenvalue weighted by molar-refractivity contribution is 9.10. The van der Waals surface area contributed by atoms with Gasteiger partial charge in [-0.05, 0) is 79.2 Å². The number of anilines is 1. The third-order valence-corrected chi connectivity index (χ3v) is 6.03. The Morgan fingerprint density at radius 2 is 2.00 bits per heavy atom. The van der Waals surface area contributed by atoms with Crippen molar-refractivity contribution < 1.29 is 14.3 Å². The fraction of sp³-hybridized carbons (Fsp3) is 0.368. The van der Waals surface area contributed by atoms with Gasteiger partial charge in [-0.15, -0.1) is 11.3 Å². The zero-order valence-corrected chi connectivity index (χ0v) is 17.1. The van der Waals surface area contributed by atoms with Crippen molar-refractivity contribution in [2.75, 3.05) is 5.32 Å². The molecule has 0 radical (unpaired) electrons. The first-order chi connectivity index (χ1) is 12.4. The highest BCUT2D eigenvalue weighted by atomic mass is 79.9. The number of hydrogen-bond donors (Lipinski definition) is 2. The van der Waals surface area contributed by atoms with Crippen LogP contribution in [0.4, 0.5) is 5.00 Å². The zero-order valence-electron chi connectivity index (χ0n) is 14.7. The SMILES string of the molecule is CC(C)Oc1ccc(C(=O)Nc2sc3c(c2C(N)=O)CCCC3)cc1Br. The molecule has 0 spiro atoms. The molecule has 1 aromatic heterocycles. The predicted octanol–water partition coefficient (Wildman–Crippen LogP) is 4.53. The molecule has 0 fully saturated rings. The molecule has 0 atom stereocenters. The lowest BCUT2D eigenvalue weighted by atomic mass is 9.95. The minimum atomic E-state index is -0.485. The van der Waals surface area contributed by atoms with E-state index in [1.165, 1.54) is 11.3 Å². The van der Waals surface area contributed by atoms with Crippen LogP contribution in [-0.4, -0.2) is 17.9 Å². The number of rotatable bonds is 5. The Bertz CT molecular complexity index is 861. The minimum Gasteiger partial charge on any atom is -0.490 e. The normalized spacial score (nSPS) is 13.4. The quantitative estimate of drug-likeness (QED) is 0.721. The summed E-state index contributed by atoms with van der Waals surface area (Å²) in [6, 6.07) is 5.17. The number of nitrogens with two attached hydrogens (primary N) is 1. The van der Waals surface area contributed by atoms with E-state index in [0.717, 1.165) is 36.1 Å². The van der Waals surface area contributed by atoms with E-state index in [9.17, 15) is 9.59 Å². The van der Waals surface area contributed by atoms with Crippen LogP contribution in [0.5, 0.6) is 5.75 Å². The molecule has 1 heterocycles. The average molecular weight is 437 g/mol. The molecule has 0 saturated heterocycles. The maximum atomic E-state index is 12.7. The van der Waals surface area contributed by atoms with Crippen LogP contribution in [0, 0.1) is 0 Å². The monoisotopic (exact) mass is 436 g/mol. The van der Waals surface area contributed by atoms with Crippen LogP contribution in [0.1, 0.15) is 57.8 Å². The number of carbonyl (C=O) groups excluding carboxylic acids is 2. The van der Waals surface area contributed by atoms with Crippen LogP contribution in [-0.2, 0) is 12.8 Å². The molecule has 3 rings (SSSR count). The van der Waals surface area contributed by atoms with Crippen molar-refractivity contribution in [3.63, 3.8) is 0 Å².